The van der Waals surface area contributed by atoms with Gasteiger partial charge in [-0.1, -0.05) is 122 Å². The summed E-state index contributed by atoms with van der Waals surface area (Å²) in [6, 6.07) is -2.54. The molecule has 23 nitrogen and oxygen atoms in total. The van der Waals surface area contributed by atoms with Gasteiger partial charge < -0.3 is 100 Å². The molecule has 0 aromatic heterocycles. The number of carboxylic acids is 1. The molecule has 18 unspecified atom stereocenters. The summed E-state index contributed by atoms with van der Waals surface area (Å²) in [6.07, 6.45) is -4.18. The fourth-order valence-corrected chi connectivity index (χ4v) is 9.71. The lowest BCUT2D eigenvalue weighted by atomic mass is 9.88. The Morgan fingerprint density at radius 3 is 1.80 bits per heavy atom. The predicted molar refractivity (Wildman–Crippen MR) is 269 cm³/mol. The van der Waals surface area contributed by atoms with Crippen LogP contribution in [0.2, 0.25) is 0 Å². The third-order valence-electron chi connectivity index (χ3n) is 14.2. The van der Waals surface area contributed by atoms with Gasteiger partial charge in [0, 0.05) is 19.8 Å². The molecule has 18 atom stereocenters. The summed E-state index contributed by atoms with van der Waals surface area (Å²) in [4.78, 5) is 38.2. The zero-order valence-corrected chi connectivity index (χ0v) is 44.4. The van der Waals surface area contributed by atoms with Gasteiger partial charge in [-0.2, -0.15) is 0 Å². The monoisotopic (exact) mass is 1080 g/mol. The van der Waals surface area contributed by atoms with Crippen molar-refractivity contribution in [3.63, 3.8) is 0 Å². The van der Waals surface area contributed by atoms with E-state index >= 15 is 0 Å². The van der Waals surface area contributed by atoms with E-state index in [9.17, 15) is 75.7 Å². The van der Waals surface area contributed by atoms with E-state index in [1.54, 1.807) is 0 Å². The number of nitrogens with one attached hydrogen (secondary N) is 2. The number of rotatable bonds is 38. The molecule has 3 heterocycles. The average molecular weight is 1080 g/mol. The third-order valence-corrected chi connectivity index (χ3v) is 14.2. The Balaban J connectivity index is 1.72. The molecule has 0 aromatic carbocycles. The van der Waals surface area contributed by atoms with Crippen LogP contribution in [0.1, 0.15) is 162 Å². The highest BCUT2D eigenvalue weighted by molar-refractivity contribution is 5.77. The summed E-state index contributed by atoms with van der Waals surface area (Å²) in [5.41, 5.74) is 0. The molecule has 75 heavy (non-hydrogen) atoms. The minimum absolute atomic E-state index is 0.174. The van der Waals surface area contributed by atoms with Crippen molar-refractivity contribution < 1.29 is 104 Å². The number of hydrogen-bond donors (Lipinski definition) is 14. The Morgan fingerprint density at radius 1 is 0.680 bits per heavy atom. The zero-order valence-electron chi connectivity index (χ0n) is 44.4. The highest BCUT2D eigenvalue weighted by Crippen LogP contribution is 2.38. The average Bonchev–Trinajstić information content (AvgIpc) is 3.38. The molecule has 0 saturated carbocycles. The first kappa shape index (κ1) is 66.7. The Labute approximate surface area is 441 Å². The van der Waals surface area contributed by atoms with Crippen molar-refractivity contribution in [1.82, 2.24) is 10.6 Å². The minimum Gasteiger partial charge on any atom is -0.477 e. The standard InChI is InChI=1S/C52H94N2O21/c1-4-6-8-10-12-14-15-16-18-19-21-23-25-34(59)33(54-39(62)26-24-22-20-17-13-11-9-7-5-2)31-70-49-44(66)43(65)46(38(30-57)72-49)73-50-45(67)48(42(64)37(29-56)71-50)75-52(51(68)69)27-35(60)40(53-32(3)58)47(74-52)41(63)36(61)28-55/h17,20,33-38,40-50,55-57,59-61,63-67H,4-16,18-19,21-31H2,1-3H3,(H,53,58)(H,54,62)(H,68,69)/b20-17-. The normalized spacial score (nSPS) is 31.9. The number of unbranched alkanes of at least 4 members (excludes halogenated alkanes) is 16. The lowest BCUT2D eigenvalue weighted by molar-refractivity contribution is -0.386. The van der Waals surface area contributed by atoms with Crippen LogP contribution in [0.3, 0.4) is 0 Å². The van der Waals surface area contributed by atoms with Crippen molar-refractivity contribution >= 4 is 17.8 Å². The van der Waals surface area contributed by atoms with E-state index < -0.39 is 148 Å². The second-order valence-electron chi connectivity index (χ2n) is 20.4. The molecule has 14 N–H and O–H groups in total. The second kappa shape index (κ2) is 35.9. The van der Waals surface area contributed by atoms with Gasteiger partial charge >= 0.3 is 5.97 Å². The van der Waals surface area contributed by atoms with E-state index in [4.69, 9.17) is 28.4 Å². The SMILES string of the molecule is CCCCCC/C=C\CCCC(=O)NC(COC1OC(CO)C(OC2OC(CO)C(O)C(OC3(C(=O)O)CC(O)C(NC(C)=O)C(C(O)C(O)CO)O3)C2O)C(O)C1O)C(O)CCCCCCCCCCCCCC. The first-order valence-electron chi connectivity index (χ1n) is 27.5. The van der Waals surface area contributed by atoms with Crippen LogP contribution in [0.25, 0.3) is 0 Å². The summed E-state index contributed by atoms with van der Waals surface area (Å²) in [7, 11) is 0. The number of aliphatic carboxylic acids is 1. The number of carboxylic acid groups (broad SMARTS) is 1. The highest BCUT2D eigenvalue weighted by atomic mass is 16.8. The number of aliphatic hydroxyl groups excluding tert-OH is 11. The van der Waals surface area contributed by atoms with Crippen molar-refractivity contribution in [1.29, 1.82) is 0 Å². The van der Waals surface area contributed by atoms with Gasteiger partial charge in [0.2, 0.25) is 11.8 Å². The smallest absolute Gasteiger partial charge is 0.364 e. The summed E-state index contributed by atoms with van der Waals surface area (Å²) >= 11 is 0. The topological polar surface area (TPSA) is 373 Å². The largest absolute Gasteiger partial charge is 0.477 e. The number of hydrogen-bond acceptors (Lipinski definition) is 20. The molecule has 0 aromatic rings. The van der Waals surface area contributed by atoms with E-state index in [-0.39, 0.29) is 18.9 Å². The van der Waals surface area contributed by atoms with Gasteiger partial charge in [-0.15, -0.1) is 0 Å². The molecule has 3 fully saturated rings. The van der Waals surface area contributed by atoms with Crippen LogP contribution in [-0.4, -0.2) is 215 Å². The van der Waals surface area contributed by atoms with E-state index in [0.717, 1.165) is 51.9 Å². The fraction of sp³-hybridized carbons (Fsp3) is 0.904. The van der Waals surface area contributed by atoms with Crippen molar-refractivity contribution in [3.05, 3.63) is 12.2 Å². The van der Waals surface area contributed by atoms with Crippen LogP contribution in [0.5, 0.6) is 0 Å². The van der Waals surface area contributed by atoms with Crippen molar-refractivity contribution in [2.24, 2.45) is 0 Å². The van der Waals surface area contributed by atoms with Gasteiger partial charge in [0.15, 0.2) is 12.6 Å². The van der Waals surface area contributed by atoms with Gasteiger partial charge in [0.25, 0.3) is 5.79 Å². The number of carbonyl (C=O) groups excluding carboxylic acids is 2. The maximum absolute atomic E-state index is 13.2. The fourth-order valence-electron chi connectivity index (χ4n) is 9.71. The maximum atomic E-state index is 13.2. The Hall–Kier alpha value is -2.53. The molecule has 2 amide bonds. The van der Waals surface area contributed by atoms with Crippen molar-refractivity contribution in [2.75, 3.05) is 26.4 Å². The van der Waals surface area contributed by atoms with E-state index in [1.807, 2.05) is 0 Å². The molecular formula is C52H94N2O21. The first-order valence-corrected chi connectivity index (χ1v) is 27.5. The highest BCUT2D eigenvalue weighted by Gasteiger charge is 2.60. The lowest BCUT2D eigenvalue weighted by Gasteiger charge is -2.50. The molecule has 0 bridgehead atoms. The summed E-state index contributed by atoms with van der Waals surface area (Å²) in [5, 5.41) is 135. The molecule has 3 rings (SSSR count). The number of ether oxygens (including phenoxy) is 6. The zero-order chi connectivity index (χ0) is 55.5. The third kappa shape index (κ3) is 21.6. The maximum Gasteiger partial charge on any atom is 0.364 e. The van der Waals surface area contributed by atoms with Crippen LogP contribution in [0, 0.1) is 0 Å². The molecule has 23 heteroatoms. The summed E-state index contributed by atoms with van der Waals surface area (Å²) in [5.74, 6) is -6.14. The second-order valence-corrected chi connectivity index (χ2v) is 20.4. The number of carbonyl (C=O) groups is 3. The molecule has 0 spiro atoms. The van der Waals surface area contributed by atoms with Crippen LogP contribution < -0.4 is 10.6 Å². The van der Waals surface area contributed by atoms with E-state index in [0.29, 0.717) is 25.7 Å². The molecular weight excluding hydrogens is 989 g/mol. The van der Waals surface area contributed by atoms with Crippen molar-refractivity contribution in [2.45, 2.75) is 272 Å². The van der Waals surface area contributed by atoms with E-state index in [1.165, 1.54) is 57.8 Å². The Bertz CT molecular complexity index is 1620. The Kier molecular flexibility index (Phi) is 31.9. The number of aliphatic hydroxyl groups is 11. The number of amides is 2. The lowest BCUT2D eigenvalue weighted by Crippen LogP contribution is -2.70. The van der Waals surface area contributed by atoms with Crippen LogP contribution >= 0.6 is 0 Å². The number of allylic oxidation sites excluding steroid dienone is 2. The predicted octanol–water partition coefficient (Wildman–Crippen LogP) is 0.435. The summed E-state index contributed by atoms with van der Waals surface area (Å²) < 4.78 is 34.6. The van der Waals surface area contributed by atoms with Crippen LogP contribution in [0.15, 0.2) is 12.2 Å². The van der Waals surface area contributed by atoms with E-state index in [2.05, 4.69) is 36.6 Å². The molecule has 0 aliphatic carbocycles. The quantitative estimate of drug-likeness (QED) is 0.0295. The van der Waals surface area contributed by atoms with Gasteiger partial charge in [0.1, 0.15) is 67.1 Å². The van der Waals surface area contributed by atoms with Crippen LogP contribution in [0.4, 0.5) is 0 Å². The summed E-state index contributed by atoms with van der Waals surface area (Å²) in [6.45, 7) is 2.06. The minimum atomic E-state index is -3.08. The molecule has 3 aliphatic rings. The first-order chi connectivity index (χ1) is 35.9. The van der Waals surface area contributed by atoms with Gasteiger partial charge in [-0.05, 0) is 32.1 Å². The van der Waals surface area contributed by atoms with Gasteiger partial charge in [-0.3, -0.25) is 9.59 Å². The van der Waals surface area contributed by atoms with Crippen LogP contribution in [-0.2, 0) is 42.8 Å². The Morgan fingerprint density at radius 2 is 1.24 bits per heavy atom. The molecule has 0 radical (unpaired) electrons. The molecule has 3 aliphatic heterocycles. The van der Waals surface area contributed by atoms with Gasteiger partial charge in [0.05, 0.1) is 50.7 Å². The molecule has 438 valence electrons. The van der Waals surface area contributed by atoms with Gasteiger partial charge in [-0.25, -0.2) is 4.79 Å². The van der Waals surface area contributed by atoms with Crippen molar-refractivity contribution in [3.8, 4) is 0 Å². The molecule has 3 saturated heterocycles.